The number of benzene rings is 1. The SMILES string of the molecule is CN(CCCc1ccccc1N)CC1CC1. The summed E-state index contributed by atoms with van der Waals surface area (Å²) in [7, 11) is 2.23. The van der Waals surface area contributed by atoms with Gasteiger partial charge in [0, 0.05) is 12.2 Å². The van der Waals surface area contributed by atoms with E-state index < -0.39 is 0 Å². The average Bonchev–Trinajstić information content (AvgIpc) is 3.05. The van der Waals surface area contributed by atoms with Crippen LogP contribution < -0.4 is 5.73 Å². The summed E-state index contributed by atoms with van der Waals surface area (Å²) < 4.78 is 0. The zero-order valence-electron chi connectivity index (χ0n) is 10.2. The normalized spacial score (nSPS) is 15.6. The van der Waals surface area contributed by atoms with E-state index in [1.165, 1.54) is 37.9 Å². The van der Waals surface area contributed by atoms with Crippen LogP contribution in [0, 0.1) is 5.92 Å². The first-order chi connectivity index (χ1) is 7.75. The quantitative estimate of drug-likeness (QED) is 0.743. The molecular formula is C14H22N2. The molecule has 0 bridgehead atoms. The molecule has 2 heteroatoms. The molecular weight excluding hydrogens is 196 g/mol. The lowest BCUT2D eigenvalue weighted by molar-refractivity contribution is 0.316. The van der Waals surface area contributed by atoms with Crippen LogP contribution in [0.3, 0.4) is 0 Å². The molecule has 0 unspecified atom stereocenters. The zero-order valence-corrected chi connectivity index (χ0v) is 10.2. The highest BCUT2D eigenvalue weighted by atomic mass is 15.1. The number of rotatable bonds is 6. The van der Waals surface area contributed by atoms with Gasteiger partial charge in [0.05, 0.1) is 0 Å². The van der Waals surface area contributed by atoms with E-state index in [1.54, 1.807) is 0 Å². The Kier molecular flexibility index (Phi) is 3.83. The molecule has 0 atom stereocenters. The first-order valence-electron chi connectivity index (χ1n) is 6.27. The summed E-state index contributed by atoms with van der Waals surface area (Å²) in [4.78, 5) is 2.46. The Labute approximate surface area is 98.4 Å². The van der Waals surface area contributed by atoms with Gasteiger partial charge >= 0.3 is 0 Å². The maximum absolute atomic E-state index is 5.91. The maximum Gasteiger partial charge on any atom is 0.0346 e. The minimum Gasteiger partial charge on any atom is -0.399 e. The van der Waals surface area contributed by atoms with Crippen molar-refractivity contribution in [1.82, 2.24) is 4.90 Å². The first kappa shape index (κ1) is 11.5. The summed E-state index contributed by atoms with van der Waals surface area (Å²) in [5, 5.41) is 0. The second kappa shape index (κ2) is 5.35. The lowest BCUT2D eigenvalue weighted by Gasteiger charge is -2.16. The minimum atomic E-state index is 0.937. The van der Waals surface area contributed by atoms with Crippen LogP contribution in [0.4, 0.5) is 5.69 Å². The highest BCUT2D eigenvalue weighted by molar-refractivity contribution is 5.46. The second-order valence-corrected chi connectivity index (χ2v) is 5.01. The standard InChI is InChI=1S/C14H22N2/c1-16(11-12-8-9-12)10-4-6-13-5-2-3-7-14(13)15/h2-3,5,7,12H,4,6,8-11,15H2,1H3. The summed E-state index contributed by atoms with van der Waals surface area (Å²) in [6, 6.07) is 8.19. The van der Waals surface area contributed by atoms with Crippen molar-refractivity contribution < 1.29 is 0 Å². The fourth-order valence-corrected chi connectivity index (χ4v) is 2.13. The molecule has 0 amide bonds. The maximum atomic E-state index is 5.91. The number of nitrogens with two attached hydrogens (primary N) is 1. The van der Waals surface area contributed by atoms with Crippen LogP contribution >= 0.6 is 0 Å². The van der Waals surface area contributed by atoms with Crippen LogP contribution in [0.15, 0.2) is 24.3 Å². The first-order valence-corrected chi connectivity index (χ1v) is 6.27. The van der Waals surface area contributed by atoms with Gasteiger partial charge in [0.25, 0.3) is 0 Å². The van der Waals surface area contributed by atoms with Gasteiger partial charge in [-0.05, 0) is 56.8 Å². The van der Waals surface area contributed by atoms with Crippen molar-refractivity contribution in [2.45, 2.75) is 25.7 Å². The van der Waals surface area contributed by atoms with E-state index in [1.807, 2.05) is 12.1 Å². The molecule has 1 aromatic rings. The molecule has 0 spiro atoms. The monoisotopic (exact) mass is 218 g/mol. The van der Waals surface area contributed by atoms with E-state index in [9.17, 15) is 0 Å². The van der Waals surface area contributed by atoms with Crippen molar-refractivity contribution in [2.24, 2.45) is 5.92 Å². The van der Waals surface area contributed by atoms with Crippen molar-refractivity contribution in [3.63, 3.8) is 0 Å². The highest BCUT2D eigenvalue weighted by Crippen LogP contribution is 2.29. The van der Waals surface area contributed by atoms with Crippen LogP contribution in [0.5, 0.6) is 0 Å². The number of nitrogens with zero attached hydrogens (tertiary/aromatic N) is 1. The van der Waals surface area contributed by atoms with Gasteiger partial charge in [0.15, 0.2) is 0 Å². The van der Waals surface area contributed by atoms with Crippen LogP contribution in [0.1, 0.15) is 24.8 Å². The number of hydrogen-bond acceptors (Lipinski definition) is 2. The molecule has 1 fully saturated rings. The van der Waals surface area contributed by atoms with Crippen LogP contribution in [0.2, 0.25) is 0 Å². The molecule has 0 radical (unpaired) electrons. The smallest absolute Gasteiger partial charge is 0.0346 e. The van der Waals surface area contributed by atoms with E-state index in [0.717, 1.165) is 18.0 Å². The van der Waals surface area contributed by atoms with Crippen molar-refractivity contribution >= 4 is 5.69 Å². The minimum absolute atomic E-state index is 0.937. The number of para-hydroxylation sites is 1. The Balaban J connectivity index is 1.68. The Bertz CT molecular complexity index is 331. The fraction of sp³-hybridized carbons (Fsp3) is 0.571. The summed E-state index contributed by atoms with van der Waals surface area (Å²) in [6.45, 7) is 2.47. The summed E-state index contributed by atoms with van der Waals surface area (Å²) in [6.07, 6.45) is 5.19. The van der Waals surface area contributed by atoms with E-state index in [-0.39, 0.29) is 0 Å². The van der Waals surface area contributed by atoms with Crippen LogP contribution in [-0.4, -0.2) is 25.0 Å². The van der Waals surface area contributed by atoms with Crippen LogP contribution in [0.25, 0.3) is 0 Å². The van der Waals surface area contributed by atoms with Gasteiger partial charge in [0.1, 0.15) is 0 Å². The molecule has 0 saturated heterocycles. The topological polar surface area (TPSA) is 29.3 Å². The van der Waals surface area contributed by atoms with E-state index >= 15 is 0 Å². The summed E-state index contributed by atoms with van der Waals surface area (Å²) in [5.74, 6) is 0.992. The number of nitrogen functional groups attached to an aromatic ring is 1. The van der Waals surface area contributed by atoms with Crippen molar-refractivity contribution in [2.75, 3.05) is 25.9 Å². The lowest BCUT2D eigenvalue weighted by atomic mass is 10.1. The van der Waals surface area contributed by atoms with Gasteiger partial charge in [-0.1, -0.05) is 18.2 Å². The third-order valence-electron chi connectivity index (χ3n) is 3.31. The molecule has 2 nitrogen and oxygen atoms in total. The molecule has 2 N–H and O–H groups in total. The van der Waals surface area contributed by atoms with E-state index in [2.05, 4.69) is 24.1 Å². The third kappa shape index (κ3) is 3.53. The van der Waals surface area contributed by atoms with Gasteiger partial charge in [-0.3, -0.25) is 0 Å². The van der Waals surface area contributed by atoms with Gasteiger partial charge in [-0.2, -0.15) is 0 Å². The Hall–Kier alpha value is -1.02. The Morgan fingerprint density at radius 2 is 2.06 bits per heavy atom. The number of hydrogen-bond donors (Lipinski definition) is 1. The number of aryl methyl sites for hydroxylation is 1. The second-order valence-electron chi connectivity index (χ2n) is 5.01. The van der Waals surface area contributed by atoms with Crippen LogP contribution in [-0.2, 0) is 6.42 Å². The number of anilines is 1. The molecule has 0 heterocycles. The van der Waals surface area contributed by atoms with Gasteiger partial charge < -0.3 is 10.6 Å². The van der Waals surface area contributed by atoms with Gasteiger partial charge in [0.2, 0.25) is 0 Å². The average molecular weight is 218 g/mol. The molecule has 0 aliphatic heterocycles. The molecule has 2 rings (SSSR count). The molecule has 1 saturated carbocycles. The Morgan fingerprint density at radius 1 is 1.31 bits per heavy atom. The molecule has 0 aromatic heterocycles. The molecule has 1 aliphatic rings. The predicted molar refractivity (Wildman–Crippen MR) is 69.4 cm³/mol. The van der Waals surface area contributed by atoms with E-state index in [0.29, 0.717) is 0 Å². The van der Waals surface area contributed by atoms with Crippen molar-refractivity contribution in [3.8, 4) is 0 Å². The highest BCUT2D eigenvalue weighted by Gasteiger charge is 2.22. The van der Waals surface area contributed by atoms with Gasteiger partial charge in [-0.15, -0.1) is 0 Å². The van der Waals surface area contributed by atoms with E-state index in [4.69, 9.17) is 5.73 Å². The van der Waals surface area contributed by atoms with Gasteiger partial charge in [-0.25, -0.2) is 0 Å². The Morgan fingerprint density at radius 3 is 2.75 bits per heavy atom. The summed E-state index contributed by atoms with van der Waals surface area (Å²) in [5.41, 5.74) is 8.15. The molecule has 88 valence electrons. The van der Waals surface area contributed by atoms with Crippen molar-refractivity contribution in [1.29, 1.82) is 0 Å². The largest absolute Gasteiger partial charge is 0.399 e. The summed E-state index contributed by atoms with van der Waals surface area (Å²) >= 11 is 0. The third-order valence-corrected chi connectivity index (χ3v) is 3.31. The zero-order chi connectivity index (χ0) is 11.4. The lowest BCUT2D eigenvalue weighted by Crippen LogP contribution is -2.22. The fourth-order valence-electron chi connectivity index (χ4n) is 2.13. The molecule has 1 aliphatic carbocycles. The molecule has 1 aromatic carbocycles. The van der Waals surface area contributed by atoms with Crippen molar-refractivity contribution in [3.05, 3.63) is 29.8 Å². The predicted octanol–water partition coefficient (Wildman–Crippen LogP) is 2.54. The molecule has 16 heavy (non-hydrogen) atoms.